The van der Waals surface area contributed by atoms with E-state index in [0.717, 1.165) is 17.0 Å². The first kappa shape index (κ1) is 20.1. The second-order valence-electron chi connectivity index (χ2n) is 7.60. The van der Waals surface area contributed by atoms with Crippen LogP contribution in [-0.4, -0.2) is 40.9 Å². The van der Waals surface area contributed by atoms with E-state index in [1.165, 1.54) is 0 Å². The van der Waals surface area contributed by atoms with Gasteiger partial charge in [0.15, 0.2) is 5.82 Å². The van der Waals surface area contributed by atoms with Crippen LogP contribution in [0.5, 0.6) is 0 Å². The van der Waals surface area contributed by atoms with Crippen molar-refractivity contribution in [3.8, 4) is 28.8 Å². The average molecular weight is 450 g/mol. The van der Waals surface area contributed by atoms with Crippen molar-refractivity contribution in [1.29, 1.82) is 5.26 Å². The molecule has 5 rings (SSSR count). The van der Waals surface area contributed by atoms with E-state index < -0.39 is 6.17 Å². The van der Waals surface area contributed by atoms with E-state index in [1.807, 2.05) is 19.1 Å². The van der Waals surface area contributed by atoms with Gasteiger partial charge in [-0.05, 0) is 24.6 Å². The van der Waals surface area contributed by atoms with Crippen LogP contribution < -0.4 is 5.73 Å². The third-order valence-corrected chi connectivity index (χ3v) is 5.77. The molecule has 11 heteroatoms. The van der Waals surface area contributed by atoms with Crippen LogP contribution in [0.1, 0.15) is 22.5 Å². The molecule has 9 nitrogen and oxygen atoms in total. The number of rotatable bonds is 4. The number of hydrogen-bond acceptors (Lipinski definition) is 7. The van der Waals surface area contributed by atoms with E-state index >= 15 is 0 Å². The van der Waals surface area contributed by atoms with E-state index in [9.17, 15) is 9.65 Å². The van der Waals surface area contributed by atoms with E-state index in [1.54, 1.807) is 27.7 Å². The van der Waals surface area contributed by atoms with Gasteiger partial charge in [0.05, 0.1) is 36.6 Å². The maximum atomic E-state index is 13.5. The molecule has 0 amide bonds. The average Bonchev–Trinajstić information content (AvgIpc) is 3.45. The van der Waals surface area contributed by atoms with Crippen molar-refractivity contribution in [2.24, 2.45) is 0 Å². The number of nitrogens with zero attached hydrogens (tertiary/aromatic N) is 8. The molecule has 0 unspecified atom stereocenters. The van der Waals surface area contributed by atoms with Gasteiger partial charge in [-0.2, -0.15) is 10.4 Å². The fourth-order valence-corrected chi connectivity index (χ4v) is 3.98. The predicted molar refractivity (Wildman–Crippen MR) is 115 cm³/mol. The molecule has 2 N–H and O–H groups in total. The van der Waals surface area contributed by atoms with Crippen molar-refractivity contribution in [3.05, 3.63) is 58.0 Å². The maximum Gasteiger partial charge on any atom is 0.162 e. The Balaban J connectivity index is 1.48. The Bertz CT molecular complexity index is 1360. The number of fused-ring (bicyclic) bond motifs is 1. The Morgan fingerprint density at radius 3 is 2.97 bits per heavy atom. The van der Waals surface area contributed by atoms with Crippen LogP contribution in [-0.2, 0) is 19.5 Å². The number of benzene rings is 1. The number of anilines is 1. The summed E-state index contributed by atoms with van der Waals surface area (Å²) in [7, 11) is 0. The quantitative estimate of drug-likeness (QED) is 0.507. The van der Waals surface area contributed by atoms with Crippen LogP contribution in [0, 0.1) is 18.3 Å². The first-order valence-corrected chi connectivity index (χ1v) is 10.2. The molecular formula is C21H17ClFN9. The lowest BCUT2D eigenvalue weighted by molar-refractivity contribution is 0.321. The summed E-state index contributed by atoms with van der Waals surface area (Å²) in [6, 6.07) is 9.34. The van der Waals surface area contributed by atoms with Gasteiger partial charge in [-0.25, -0.2) is 19.0 Å². The predicted octanol–water partition coefficient (Wildman–Crippen LogP) is 2.96. The molecule has 0 fully saturated rings. The van der Waals surface area contributed by atoms with Gasteiger partial charge in [0.2, 0.25) is 0 Å². The van der Waals surface area contributed by atoms with Crippen LogP contribution in [0.3, 0.4) is 0 Å². The molecule has 0 radical (unpaired) electrons. The van der Waals surface area contributed by atoms with Crippen LogP contribution in [0.4, 0.5) is 10.2 Å². The second-order valence-corrected chi connectivity index (χ2v) is 7.97. The molecule has 4 heterocycles. The fraction of sp³-hybridized carbons (Fsp3) is 0.238. The van der Waals surface area contributed by atoms with Crippen molar-refractivity contribution in [1.82, 2.24) is 34.7 Å². The Morgan fingerprint density at radius 1 is 1.34 bits per heavy atom. The number of nitrogen functional groups attached to an aromatic ring is 1. The smallest absolute Gasteiger partial charge is 0.162 e. The minimum Gasteiger partial charge on any atom is -0.382 e. The largest absolute Gasteiger partial charge is 0.382 e. The van der Waals surface area contributed by atoms with Crippen LogP contribution in [0.25, 0.3) is 22.8 Å². The summed E-state index contributed by atoms with van der Waals surface area (Å²) < 4.78 is 16.7. The number of aromatic nitrogens is 7. The number of halogens is 2. The molecule has 1 aliphatic rings. The maximum absolute atomic E-state index is 13.5. The third kappa shape index (κ3) is 3.46. The Labute approximate surface area is 187 Å². The molecule has 0 spiro atoms. The highest BCUT2D eigenvalue weighted by Crippen LogP contribution is 2.32. The molecule has 32 heavy (non-hydrogen) atoms. The van der Waals surface area contributed by atoms with Gasteiger partial charge >= 0.3 is 0 Å². The summed E-state index contributed by atoms with van der Waals surface area (Å²) in [4.78, 5) is 8.87. The Hall–Kier alpha value is -3.84. The number of nitrogens with two attached hydrogens (primary N) is 1. The Morgan fingerprint density at radius 2 is 2.19 bits per heavy atom. The number of nitriles is 1. The molecule has 1 aromatic carbocycles. The van der Waals surface area contributed by atoms with Crippen LogP contribution >= 0.6 is 11.6 Å². The van der Waals surface area contributed by atoms with Gasteiger partial charge in [0.1, 0.15) is 28.4 Å². The summed E-state index contributed by atoms with van der Waals surface area (Å²) >= 11 is 6.39. The lowest BCUT2D eigenvalue weighted by Crippen LogP contribution is -2.06. The van der Waals surface area contributed by atoms with E-state index in [2.05, 4.69) is 31.4 Å². The van der Waals surface area contributed by atoms with Gasteiger partial charge in [0.25, 0.3) is 0 Å². The lowest BCUT2D eigenvalue weighted by atomic mass is 10.0. The first-order chi connectivity index (χ1) is 15.4. The molecular weight excluding hydrogens is 433 g/mol. The monoisotopic (exact) mass is 449 g/mol. The van der Waals surface area contributed by atoms with Crippen molar-refractivity contribution in [2.75, 3.05) is 5.73 Å². The van der Waals surface area contributed by atoms with E-state index in [0.29, 0.717) is 41.3 Å². The lowest BCUT2D eigenvalue weighted by Gasteiger charge is -2.09. The minimum atomic E-state index is -0.874. The molecule has 0 aliphatic carbocycles. The highest BCUT2D eigenvalue weighted by atomic mass is 35.5. The second kappa shape index (κ2) is 7.69. The van der Waals surface area contributed by atoms with Crippen molar-refractivity contribution in [2.45, 2.75) is 32.6 Å². The molecule has 0 saturated carbocycles. The fourth-order valence-electron chi connectivity index (χ4n) is 3.80. The van der Waals surface area contributed by atoms with Gasteiger partial charge in [-0.3, -0.25) is 4.68 Å². The normalized spacial score (nSPS) is 15.0. The summed E-state index contributed by atoms with van der Waals surface area (Å²) in [6.45, 7) is 2.48. The zero-order valence-corrected chi connectivity index (χ0v) is 17.8. The Kier molecular flexibility index (Phi) is 4.83. The van der Waals surface area contributed by atoms with E-state index in [-0.39, 0.29) is 17.4 Å². The van der Waals surface area contributed by atoms with Crippen LogP contribution in [0.15, 0.2) is 30.5 Å². The molecule has 1 atom stereocenters. The number of hydrogen-bond donors (Lipinski definition) is 1. The summed E-state index contributed by atoms with van der Waals surface area (Å²) in [5, 5.41) is 22.2. The number of alkyl halides is 1. The standard InChI is InChI=1S/C21H17ClFN9/c1-11-12(7-24)3-2-4-16(11)21-26-19(18(22)20(25)27-21)17-10-31(30-28-17)9-14-6-15-5-13(23)8-32(15)29-14/h2-4,6,10,13H,5,8-9H2,1H3,(H2,25,26,27)/t13-/m0/s1. The van der Waals surface area contributed by atoms with E-state index in [4.69, 9.17) is 17.3 Å². The molecule has 4 aromatic rings. The highest BCUT2D eigenvalue weighted by Gasteiger charge is 2.23. The van der Waals surface area contributed by atoms with Gasteiger partial charge in [-0.15, -0.1) is 5.10 Å². The summed E-state index contributed by atoms with van der Waals surface area (Å²) in [5.74, 6) is 0.451. The zero-order valence-electron chi connectivity index (χ0n) is 17.0. The highest BCUT2D eigenvalue weighted by molar-refractivity contribution is 6.35. The molecule has 3 aromatic heterocycles. The molecule has 1 aliphatic heterocycles. The molecule has 160 valence electrons. The zero-order chi connectivity index (χ0) is 22.4. The van der Waals surface area contributed by atoms with Gasteiger partial charge < -0.3 is 5.73 Å². The van der Waals surface area contributed by atoms with Gasteiger partial charge in [-0.1, -0.05) is 28.9 Å². The summed E-state index contributed by atoms with van der Waals surface area (Å²) in [6.07, 6.45) is 1.19. The van der Waals surface area contributed by atoms with Crippen molar-refractivity contribution >= 4 is 17.4 Å². The van der Waals surface area contributed by atoms with Crippen molar-refractivity contribution in [3.63, 3.8) is 0 Å². The first-order valence-electron chi connectivity index (χ1n) is 9.86. The third-order valence-electron chi connectivity index (χ3n) is 5.39. The van der Waals surface area contributed by atoms with Crippen LogP contribution in [0.2, 0.25) is 5.02 Å². The molecule has 0 bridgehead atoms. The summed E-state index contributed by atoms with van der Waals surface area (Å²) in [5.41, 5.74) is 10.4. The SMILES string of the molecule is Cc1c(C#N)cccc1-c1nc(N)c(Cl)c(-c2cn(Cc3cc4n(n3)C[C@@H](F)C4)nn2)n1. The topological polar surface area (TPSA) is 124 Å². The molecule has 0 saturated heterocycles. The van der Waals surface area contributed by atoms with Gasteiger partial charge in [0, 0.05) is 17.7 Å². The minimum absolute atomic E-state index is 0.106. The van der Waals surface area contributed by atoms with Crippen molar-refractivity contribution < 1.29 is 4.39 Å².